The van der Waals surface area contributed by atoms with Crippen molar-refractivity contribution in [1.82, 2.24) is 10.2 Å². The minimum atomic E-state index is 0.128. The Bertz CT molecular complexity index is 476. The summed E-state index contributed by atoms with van der Waals surface area (Å²) in [4.78, 5) is 14.3. The Kier molecular flexibility index (Phi) is 4.13. The molecule has 2 atom stereocenters. The van der Waals surface area contributed by atoms with Crippen molar-refractivity contribution in [3.8, 4) is 0 Å². The first-order valence-electron chi connectivity index (χ1n) is 7.39. The molecule has 3 rings (SSSR count). The molecule has 2 bridgehead atoms. The molecular weight excluding hydrogens is 316 g/mol. The third kappa shape index (κ3) is 3.07. The molecule has 0 spiro atoms. The van der Waals surface area contributed by atoms with Gasteiger partial charge in [0.05, 0.1) is 0 Å². The van der Waals surface area contributed by atoms with E-state index in [-0.39, 0.29) is 5.91 Å². The van der Waals surface area contributed by atoms with Crippen molar-refractivity contribution >= 4 is 21.8 Å². The number of amides is 1. The van der Waals surface area contributed by atoms with Crippen LogP contribution in [0.2, 0.25) is 0 Å². The Hall–Kier alpha value is -0.870. The average molecular weight is 337 g/mol. The van der Waals surface area contributed by atoms with Gasteiger partial charge in [-0.1, -0.05) is 15.9 Å². The van der Waals surface area contributed by atoms with Crippen LogP contribution in [0.15, 0.2) is 28.7 Å². The third-order valence-electron chi connectivity index (χ3n) is 4.54. The lowest BCUT2D eigenvalue weighted by atomic mass is 9.92. The van der Waals surface area contributed by atoms with Crippen LogP contribution in [0.1, 0.15) is 36.0 Å². The molecule has 4 heteroatoms. The number of hydrogen-bond donors (Lipinski definition) is 1. The number of nitrogens with one attached hydrogen (secondary N) is 1. The van der Waals surface area contributed by atoms with Gasteiger partial charge in [-0.25, -0.2) is 0 Å². The number of carbonyl (C=O) groups is 1. The van der Waals surface area contributed by atoms with Gasteiger partial charge in [0.15, 0.2) is 0 Å². The van der Waals surface area contributed by atoms with Crippen LogP contribution in [-0.2, 0) is 0 Å². The molecule has 2 aliphatic heterocycles. The van der Waals surface area contributed by atoms with Gasteiger partial charge in [-0.15, -0.1) is 0 Å². The second-order valence-electron chi connectivity index (χ2n) is 6.17. The number of nitrogens with zero attached hydrogens (tertiary/aromatic N) is 1. The topological polar surface area (TPSA) is 32.3 Å². The SMILES string of the molecule is CN(CC1CC2CCC(C1)N2)C(=O)c1ccc(Br)cc1. The molecule has 0 radical (unpaired) electrons. The first-order valence-corrected chi connectivity index (χ1v) is 8.18. The second-order valence-corrected chi connectivity index (χ2v) is 7.08. The van der Waals surface area contributed by atoms with E-state index in [1.807, 2.05) is 36.2 Å². The summed E-state index contributed by atoms with van der Waals surface area (Å²) in [5, 5.41) is 3.65. The van der Waals surface area contributed by atoms with E-state index < -0.39 is 0 Å². The van der Waals surface area contributed by atoms with Crippen LogP contribution < -0.4 is 5.32 Å². The van der Waals surface area contributed by atoms with E-state index in [1.165, 1.54) is 25.7 Å². The van der Waals surface area contributed by atoms with Crippen LogP contribution in [0, 0.1) is 5.92 Å². The van der Waals surface area contributed by atoms with Gasteiger partial charge in [0, 0.05) is 35.7 Å². The number of halogens is 1. The highest BCUT2D eigenvalue weighted by Crippen LogP contribution is 2.31. The Morgan fingerprint density at radius 1 is 1.25 bits per heavy atom. The van der Waals surface area contributed by atoms with Gasteiger partial charge < -0.3 is 10.2 Å². The number of rotatable bonds is 3. The first-order chi connectivity index (χ1) is 9.61. The fourth-order valence-corrected chi connectivity index (χ4v) is 3.87. The number of fused-ring (bicyclic) bond motifs is 2. The van der Waals surface area contributed by atoms with Crippen molar-refractivity contribution in [2.45, 2.75) is 37.8 Å². The van der Waals surface area contributed by atoms with Gasteiger partial charge >= 0.3 is 0 Å². The Labute approximate surface area is 128 Å². The molecule has 2 saturated heterocycles. The zero-order valence-electron chi connectivity index (χ0n) is 11.8. The Morgan fingerprint density at radius 3 is 2.45 bits per heavy atom. The molecule has 0 saturated carbocycles. The molecule has 2 unspecified atom stereocenters. The summed E-state index contributed by atoms with van der Waals surface area (Å²) < 4.78 is 1.01. The average Bonchev–Trinajstić information content (AvgIpc) is 2.78. The predicted molar refractivity (Wildman–Crippen MR) is 83.8 cm³/mol. The fraction of sp³-hybridized carbons (Fsp3) is 0.562. The van der Waals surface area contributed by atoms with Gasteiger partial charge in [-0.2, -0.15) is 0 Å². The van der Waals surface area contributed by atoms with Crippen molar-refractivity contribution in [2.24, 2.45) is 5.92 Å². The molecule has 1 N–H and O–H groups in total. The summed E-state index contributed by atoms with van der Waals surface area (Å²) in [6, 6.07) is 8.99. The molecule has 0 aromatic heterocycles. The largest absolute Gasteiger partial charge is 0.341 e. The van der Waals surface area contributed by atoms with E-state index in [9.17, 15) is 4.79 Å². The molecule has 0 aliphatic carbocycles. The normalized spacial score (nSPS) is 28.4. The number of carbonyl (C=O) groups excluding carboxylic acids is 1. The van der Waals surface area contributed by atoms with Crippen LogP contribution >= 0.6 is 15.9 Å². The molecule has 2 fully saturated rings. The van der Waals surface area contributed by atoms with Gasteiger partial charge in [0.2, 0.25) is 0 Å². The number of hydrogen-bond acceptors (Lipinski definition) is 2. The summed E-state index contributed by atoms with van der Waals surface area (Å²) in [5.41, 5.74) is 0.771. The number of benzene rings is 1. The number of piperidine rings is 1. The van der Waals surface area contributed by atoms with Crippen molar-refractivity contribution in [2.75, 3.05) is 13.6 Å². The van der Waals surface area contributed by atoms with E-state index in [2.05, 4.69) is 21.2 Å². The molecule has 3 nitrogen and oxygen atoms in total. The molecule has 108 valence electrons. The lowest BCUT2D eigenvalue weighted by Gasteiger charge is -2.32. The smallest absolute Gasteiger partial charge is 0.253 e. The molecule has 1 aromatic carbocycles. The van der Waals surface area contributed by atoms with E-state index in [0.717, 1.165) is 16.6 Å². The minimum Gasteiger partial charge on any atom is -0.341 e. The van der Waals surface area contributed by atoms with E-state index in [0.29, 0.717) is 18.0 Å². The van der Waals surface area contributed by atoms with Crippen molar-refractivity contribution in [3.63, 3.8) is 0 Å². The van der Waals surface area contributed by atoms with Crippen LogP contribution in [0.3, 0.4) is 0 Å². The third-order valence-corrected chi connectivity index (χ3v) is 5.07. The van der Waals surface area contributed by atoms with Crippen LogP contribution in [0.4, 0.5) is 0 Å². The van der Waals surface area contributed by atoms with Crippen LogP contribution in [0.5, 0.6) is 0 Å². The van der Waals surface area contributed by atoms with Crippen LogP contribution in [0.25, 0.3) is 0 Å². The zero-order chi connectivity index (χ0) is 14.1. The van der Waals surface area contributed by atoms with Crippen molar-refractivity contribution in [3.05, 3.63) is 34.3 Å². The van der Waals surface area contributed by atoms with E-state index in [1.54, 1.807) is 0 Å². The van der Waals surface area contributed by atoms with E-state index >= 15 is 0 Å². The maximum Gasteiger partial charge on any atom is 0.253 e. The standard InChI is InChI=1S/C16H21BrN2O/c1-19(16(20)12-2-4-13(17)5-3-12)10-11-8-14-6-7-15(9-11)18-14/h2-5,11,14-15,18H,6-10H2,1H3. The molecule has 1 aromatic rings. The zero-order valence-corrected chi connectivity index (χ0v) is 13.4. The Morgan fingerprint density at radius 2 is 1.85 bits per heavy atom. The maximum absolute atomic E-state index is 12.4. The second kappa shape index (κ2) is 5.86. The molecular formula is C16H21BrN2O. The minimum absolute atomic E-state index is 0.128. The van der Waals surface area contributed by atoms with Gasteiger partial charge in [-0.3, -0.25) is 4.79 Å². The van der Waals surface area contributed by atoms with E-state index in [4.69, 9.17) is 0 Å². The fourth-order valence-electron chi connectivity index (χ4n) is 3.61. The predicted octanol–water partition coefficient (Wildman–Crippen LogP) is 3.05. The summed E-state index contributed by atoms with van der Waals surface area (Å²) in [6.07, 6.45) is 5.06. The highest BCUT2D eigenvalue weighted by molar-refractivity contribution is 9.10. The maximum atomic E-state index is 12.4. The highest BCUT2D eigenvalue weighted by atomic mass is 79.9. The van der Waals surface area contributed by atoms with Crippen molar-refractivity contribution in [1.29, 1.82) is 0 Å². The molecule has 2 heterocycles. The summed E-state index contributed by atoms with van der Waals surface area (Å²) in [5.74, 6) is 0.779. The molecule has 20 heavy (non-hydrogen) atoms. The summed E-state index contributed by atoms with van der Waals surface area (Å²) >= 11 is 3.40. The summed E-state index contributed by atoms with van der Waals surface area (Å²) in [6.45, 7) is 0.879. The lowest BCUT2D eigenvalue weighted by molar-refractivity contribution is 0.0755. The first kappa shape index (κ1) is 14.1. The molecule has 2 aliphatic rings. The lowest BCUT2D eigenvalue weighted by Crippen LogP contribution is -2.42. The molecule has 1 amide bonds. The van der Waals surface area contributed by atoms with Crippen LogP contribution in [-0.4, -0.2) is 36.5 Å². The monoisotopic (exact) mass is 336 g/mol. The Balaban J connectivity index is 1.60. The van der Waals surface area contributed by atoms with Crippen molar-refractivity contribution < 1.29 is 4.79 Å². The van der Waals surface area contributed by atoms with Gasteiger partial charge in [0.25, 0.3) is 5.91 Å². The highest BCUT2D eigenvalue weighted by Gasteiger charge is 2.34. The van der Waals surface area contributed by atoms with Gasteiger partial charge in [-0.05, 0) is 55.9 Å². The quantitative estimate of drug-likeness (QED) is 0.919. The summed E-state index contributed by atoms with van der Waals surface area (Å²) in [7, 11) is 1.92. The van der Waals surface area contributed by atoms with Gasteiger partial charge in [0.1, 0.15) is 0 Å².